The van der Waals surface area contributed by atoms with Crippen molar-refractivity contribution in [2.45, 2.75) is 19.9 Å². The summed E-state index contributed by atoms with van der Waals surface area (Å²) in [6, 6.07) is 12.5. The molecule has 0 aliphatic heterocycles. The third-order valence-electron chi connectivity index (χ3n) is 3.96. The minimum Gasteiger partial charge on any atom is -0.336 e. The van der Waals surface area contributed by atoms with Crippen LogP contribution in [0.4, 0.5) is 14.9 Å². The average molecular weight is 329 g/mol. The summed E-state index contributed by atoms with van der Waals surface area (Å²) in [5.74, 6) is -0.284. The highest BCUT2D eigenvalue weighted by Gasteiger charge is 2.15. The summed E-state index contributed by atoms with van der Waals surface area (Å²) in [7, 11) is 3.96. The van der Waals surface area contributed by atoms with Crippen LogP contribution in [0.2, 0.25) is 0 Å². The smallest absolute Gasteiger partial charge is 0.319 e. The molecule has 0 aliphatic carbocycles. The summed E-state index contributed by atoms with van der Waals surface area (Å²) in [5.41, 5.74) is 3.42. The molecule has 2 rings (SSSR count). The van der Waals surface area contributed by atoms with E-state index in [1.807, 2.05) is 21.0 Å². The van der Waals surface area contributed by atoms with E-state index in [2.05, 4.69) is 39.8 Å². The van der Waals surface area contributed by atoms with E-state index < -0.39 is 0 Å². The minimum absolute atomic E-state index is 0.0753. The lowest BCUT2D eigenvalue weighted by atomic mass is 10.0. The number of likely N-dealkylation sites (N-methyl/N-ethyl adjacent to an activating group) is 1. The van der Waals surface area contributed by atoms with Gasteiger partial charge in [-0.3, -0.25) is 0 Å². The number of carbonyl (C=O) groups is 1. The molecule has 5 heteroatoms. The monoisotopic (exact) mass is 329 g/mol. The molecule has 2 amide bonds. The van der Waals surface area contributed by atoms with Gasteiger partial charge in [0.1, 0.15) is 5.82 Å². The Morgan fingerprint density at radius 1 is 1.12 bits per heavy atom. The molecule has 2 aromatic carbocycles. The normalized spacial score (nSPS) is 12.1. The van der Waals surface area contributed by atoms with Crippen molar-refractivity contribution in [2.24, 2.45) is 0 Å². The molecule has 2 aromatic rings. The van der Waals surface area contributed by atoms with Crippen LogP contribution in [0, 0.1) is 19.7 Å². The summed E-state index contributed by atoms with van der Waals surface area (Å²) in [4.78, 5) is 14.1. The van der Waals surface area contributed by atoms with E-state index in [0.29, 0.717) is 17.8 Å². The lowest BCUT2D eigenvalue weighted by molar-refractivity contribution is 0.243. The molecular formula is C19H24FN3O. The molecule has 0 bridgehead atoms. The van der Waals surface area contributed by atoms with Gasteiger partial charge in [0.05, 0.1) is 6.04 Å². The molecule has 0 heterocycles. The Labute approximate surface area is 142 Å². The first-order valence-corrected chi connectivity index (χ1v) is 7.91. The molecule has 128 valence electrons. The van der Waals surface area contributed by atoms with Gasteiger partial charge in [0.15, 0.2) is 0 Å². The van der Waals surface area contributed by atoms with Gasteiger partial charge in [-0.25, -0.2) is 9.18 Å². The van der Waals surface area contributed by atoms with Gasteiger partial charge in [-0.2, -0.15) is 0 Å². The first-order valence-electron chi connectivity index (χ1n) is 7.91. The van der Waals surface area contributed by atoms with E-state index in [0.717, 1.165) is 5.56 Å². The largest absolute Gasteiger partial charge is 0.336 e. The summed E-state index contributed by atoms with van der Waals surface area (Å²) in [6.07, 6.45) is 0. The van der Waals surface area contributed by atoms with E-state index in [1.165, 1.54) is 11.6 Å². The fourth-order valence-electron chi connectivity index (χ4n) is 2.47. The van der Waals surface area contributed by atoms with Crippen LogP contribution in [-0.2, 0) is 0 Å². The molecule has 4 nitrogen and oxygen atoms in total. The van der Waals surface area contributed by atoms with Crippen molar-refractivity contribution in [3.05, 3.63) is 65.0 Å². The van der Waals surface area contributed by atoms with E-state index in [4.69, 9.17) is 0 Å². The summed E-state index contributed by atoms with van der Waals surface area (Å²) >= 11 is 0. The number of amides is 2. The van der Waals surface area contributed by atoms with Crippen LogP contribution in [0.25, 0.3) is 0 Å². The van der Waals surface area contributed by atoms with E-state index in [-0.39, 0.29) is 17.9 Å². The van der Waals surface area contributed by atoms with Gasteiger partial charge in [0.2, 0.25) is 0 Å². The molecular weight excluding hydrogens is 305 g/mol. The Hall–Kier alpha value is -2.40. The Balaban J connectivity index is 1.97. The second kappa shape index (κ2) is 7.93. The molecule has 0 radical (unpaired) electrons. The molecule has 0 saturated carbocycles. The van der Waals surface area contributed by atoms with Crippen LogP contribution < -0.4 is 10.6 Å². The molecule has 0 fully saturated rings. The van der Waals surface area contributed by atoms with Crippen molar-refractivity contribution < 1.29 is 9.18 Å². The van der Waals surface area contributed by atoms with Crippen molar-refractivity contribution in [1.82, 2.24) is 10.2 Å². The van der Waals surface area contributed by atoms with Crippen LogP contribution in [0.5, 0.6) is 0 Å². The summed E-state index contributed by atoms with van der Waals surface area (Å²) < 4.78 is 13.3. The number of carbonyl (C=O) groups excluding carboxylic acids is 1. The highest BCUT2D eigenvalue weighted by atomic mass is 19.1. The molecule has 1 unspecified atom stereocenters. The Kier molecular flexibility index (Phi) is 5.93. The van der Waals surface area contributed by atoms with Crippen molar-refractivity contribution in [3.8, 4) is 0 Å². The van der Waals surface area contributed by atoms with Gasteiger partial charge in [-0.15, -0.1) is 0 Å². The predicted octanol–water partition coefficient (Wildman–Crippen LogP) is 3.87. The zero-order chi connectivity index (χ0) is 17.7. The number of hydrogen-bond acceptors (Lipinski definition) is 2. The number of nitrogens with one attached hydrogen (secondary N) is 2. The number of nitrogens with zero attached hydrogens (tertiary/aromatic N) is 1. The molecule has 2 N–H and O–H groups in total. The Morgan fingerprint density at radius 3 is 2.38 bits per heavy atom. The van der Waals surface area contributed by atoms with Gasteiger partial charge in [0, 0.05) is 12.2 Å². The van der Waals surface area contributed by atoms with Gasteiger partial charge in [-0.05, 0) is 57.3 Å². The fourth-order valence-corrected chi connectivity index (χ4v) is 2.47. The predicted molar refractivity (Wildman–Crippen MR) is 95.8 cm³/mol. The number of rotatable bonds is 5. The van der Waals surface area contributed by atoms with Crippen LogP contribution in [0.1, 0.15) is 22.7 Å². The number of aryl methyl sites for hydroxylation is 2. The number of halogens is 1. The Bertz CT molecular complexity index is 698. The first kappa shape index (κ1) is 17.9. The molecule has 0 aromatic heterocycles. The van der Waals surface area contributed by atoms with Gasteiger partial charge < -0.3 is 15.5 Å². The van der Waals surface area contributed by atoms with Crippen molar-refractivity contribution >= 4 is 11.7 Å². The topological polar surface area (TPSA) is 44.4 Å². The number of urea groups is 1. The number of anilines is 1. The molecule has 0 spiro atoms. The van der Waals surface area contributed by atoms with E-state index in [9.17, 15) is 9.18 Å². The SMILES string of the molecule is Cc1ccc(C(CNC(=O)Nc2ccc(F)c(C)c2)N(C)C)cc1. The lowest BCUT2D eigenvalue weighted by Crippen LogP contribution is -2.36. The van der Waals surface area contributed by atoms with Gasteiger partial charge >= 0.3 is 6.03 Å². The van der Waals surface area contributed by atoms with Crippen molar-refractivity contribution in [1.29, 1.82) is 0 Å². The van der Waals surface area contributed by atoms with Crippen LogP contribution in [0.15, 0.2) is 42.5 Å². The molecule has 24 heavy (non-hydrogen) atoms. The second-order valence-electron chi connectivity index (χ2n) is 6.19. The standard InChI is InChI=1S/C19H24FN3O/c1-13-5-7-15(8-6-13)18(23(3)4)12-21-19(24)22-16-9-10-17(20)14(2)11-16/h5-11,18H,12H2,1-4H3,(H2,21,22,24). The third kappa shape index (κ3) is 4.80. The van der Waals surface area contributed by atoms with Crippen molar-refractivity contribution in [2.75, 3.05) is 26.0 Å². The van der Waals surface area contributed by atoms with E-state index >= 15 is 0 Å². The van der Waals surface area contributed by atoms with Gasteiger partial charge in [-0.1, -0.05) is 29.8 Å². The van der Waals surface area contributed by atoms with Crippen LogP contribution in [-0.4, -0.2) is 31.6 Å². The maximum Gasteiger partial charge on any atom is 0.319 e. The lowest BCUT2D eigenvalue weighted by Gasteiger charge is -2.25. The quantitative estimate of drug-likeness (QED) is 0.875. The number of benzene rings is 2. The highest BCUT2D eigenvalue weighted by molar-refractivity contribution is 5.89. The molecule has 0 saturated heterocycles. The fraction of sp³-hybridized carbons (Fsp3) is 0.316. The minimum atomic E-state index is -0.306. The van der Waals surface area contributed by atoms with Crippen LogP contribution in [0.3, 0.4) is 0 Å². The summed E-state index contributed by atoms with van der Waals surface area (Å²) in [6.45, 7) is 4.19. The number of hydrogen-bond donors (Lipinski definition) is 2. The first-order chi connectivity index (χ1) is 11.4. The molecule has 1 atom stereocenters. The maximum atomic E-state index is 13.3. The highest BCUT2D eigenvalue weighted by Crippen LogP contribution is 2.18. The zero-order valence-corrected chi connectivity index (χ0v) is 14.6. The van der Waals surface area contributed by atoms with E-state index in [1.54, 1.807) is 19.1 Å². The third-order valence-corrected chi connectivity index (χ3v) is 3.96. The maximum absolute atomic E-state index is 13.3. The van der Waals surface area contributed by atoms with Crippen LogP contribution >= 0.6 is 0 Å². The summed E-state index contributed by atoms with van der Waals surface area (Å²) in [5, 5.41) is 5.60. The molecule has 0 aliphatic rings. The second-order valence-corrected chi connectivity index (χ2v) is 6.19. The van der Waals surface area contributed by atoms with Crippen molar-refractivity contribution in [3.63, 3.8) is 0 Å². The van der Waals surface area contributed by atoms with Gasteiger partial charge in [0.25, 0.3) is 0 Å². The average Bonchev–Trinajstić information content (AvgIpc) is 2.52. The Morgan fingerprint density at radius 2 is 1.79 bits per heavy atom. The zero-order valence-electron chi connectivity index (χ0n) is 14.6.